The first kappa shape index (κ1) is 12.0. The van der Waals surface area contributed by atoms with E-state index in [1.807, 2.05) is 29.2 Å². The van der Waals surface area contributed by atoms with Crippen molar-refractivity contribution in [2.24, 2.45) is 5.41 Å². The van der Waals surface area contributed by atoms with Gasteiger partial charge in [-0.05, 0) is 31.9 Å². The first-order valence-corrected chi connectivity index (χ1v) is 6.42. The number of rotatable bonds is 2. The first-order valence-electron chi connectivity index (χ1n) is 6.42. The summed E-state index contributed by atoms with van der Waals surface area (Å²) in [6, 6.07) is 8.22. The van der Waals surface area contributed by atoms with Gasteiger partial charge in [-0.3, -0.25) is 4.79 Å². The van der Waals surface area contributed by atoms with Gasteiger partial charge in [0.1, 0.15) is 5.52 Å². The van der Waals surface area contributed by atoms with Crippen LogP contribution >= 0.6 is 0 Å². The minimum Gasteiger partial charge on any atom is -0.481 e. The molecule has 0 aliphatic carbocycles. The predicted molar refractivity (Wildman–Crippen MR) is 71.2 cm³/mol. The molecule has 0 radical (unpaired) electrons. The highest BCUT2D eigenvalue weighted by Crippen LogP contribution is 2.33. The number of para-hydroxylation sites is 2. The Bertz CT molecular complexity index is 579. The lowest BCUT2D eigenvalue weighted by Crippen LogP contribution is -2.42. The predicted octanol–water partition coefficient (Wildman–Crippen LogP) is 2.52. The second-order valence-electron chi connectivity index (χ2n) is 5.32. The number of oxazole rings is 1. The Hall–Kier alpha value is -2.04. The number of carboxylic acid groups (broad SMARTS) is 1. The van der Waals surface area contributed by atoms with Gasteiger partial charge in [-0.1, -0.05) is 12.1 Å². The second kappa shape index (κ2) is 4.26. The van der Waals surface area contributed by atoms with E-state index >= 15 is 0 Å². The molecule has 1 aliphatic heterocycles. The summed E-state index contributed by atoms with van der Waals surface area (Å²) in [7, 11) is 0. The van der Waals surface area contributed by atoms with E-state index in [0.29, 0.717) is 31.9 Å². The molecule has 1 saturated heterocycles. The van der Waals surface area contributed by atoms with Crippen LogP contribution in [0, 0.1) is 5.41 Å². The van der Waals surface area contributed by atoms with Gasteiger partial charge >= 0.3 is 5.97 Å². The first-order chi connectivity index (χ1) is 9.08. The maximum atomic E-state index is 11.2. The fraction of sp³-hybridized carbons (Fsp3) is 0.429. The third kappa shape index (κ3) is 2.05. The number of benzene rings is 1. The maximum Gasteiger partial charge on any atom is 0.309 e. The van der Waals surface area contributed by atoms with Gasteiger partial charge in [0.05, 0.1) is 5.41 Å². The number of carbonyl (C=O) groups is 1. The van der Waals surface area contributed by atoms with Crippen LogP contribution in [-0.2, 0) is 4.79 Å². The maximum absolute atomic E-state index is 11.2. The lowest BCUT2D eigenvalue weighted by atomic mass is 9.81. The number of aromatic nitrogens is 1. The van der Waals surface area contributed by atoms with Gasteiger partial charge in [0.15, 0.2) is 5.58 Å². The Balaban J connectivity index is 1.80. The molecule has 0 bridgehead atoms. The Kier molecular flexibility index (Phi) is 2.69. The van der Waals surface area contributed by atoms with Gasteiger partial charge in [-0.25, -0.2) is 0 Å². The zero-order valence-electron chi connectivity index (χ0n) is 10.8. The number of piperidine rings is 1. The van der Waals surface area contributed by atoms with Crippen LogP contribution < -0.4 is 4.90 Å². The van der Waals surface area contributed by atoms with Crippen LogP contribution in [0.15, 0.2) is 28.7 Å². The second-order valence-corrected chi connectivity index (χ2v) is 5.32. The van der Waals surface area contributed by atoms with Gasteiger partial charge < -0.3 is 14.4 Å². The van der Waals surface area contributed by atoms with Crippen molar-refractivity contribution >= 4 is 23.1 Å². The van der Waals surface area contributed by atoms with Gasteiger partial charge in [-0.15, -0.1) is 0 Å². The molecule has 5 nitrogen and oxygen atoms in total. The summed E-state index contributed by atoms with van der Waals surface area (Å²) < 4.78 is 5.70. The van der Waals surface area contributed by atoms with E-state index < -0.39 is 11.4 Å². The van der Waals surface area contributed by atoms with Crippen LogP contribution in [-0.4, -0.2) is 29.1 Å². The minimum atomic E-state index is -0.718. The molecule has 1 N–H and O–H groups in total. The van der Waals surface area contributed by atoms with Crippen molar-refractivity contribution in [3.05, 3.63) is 24.3 Å². The molecule has 2 aromatic rings. The number of hydrogen-bond donors (Lipinski definition) is 1. The standard InChI is InChI=1S/C14H16N2O3/c1-14(12(17)18)6-8-16(9-7-14)13-15-10-4-2-3-5-11(10)19-13/h2-5H,6-9H2,1H3,(H,17,18). The summed E-state index contributed by atoms with van der Waals surface area (Å²) in [6.45, 7) is 3.13. The Labute approximate surface area is 110 Å². The fourth-order valence-corrected chi connectivity index (χ4v) is 2.40. The van der Waals surface area contributed by atoms with Crippen molar-refractivity contribution in [1.29, 1.82) is 0 Å². The average molecular weight is 260 g/mol. The summed E-state index contributed by atoms with van der Waals surface area (Å²) in [5.41, 5.74) is 0.982. The summed E-state index contributed by atoms with van der Waals surface area (Å²) >= 11 is 0. The summed E-state index contributed by atoms with van der Waals surface area (Å²) in [5, 5.41) is 9.21. The molecule has 100 valence electrons. The molecule has 0 unspecified atom stereocenters. The Morgan fingerprint density at radius 2 is 2.05 bits per heavy atom. The van der Waals surface area contributed by atoms with E-state index in [2.05, 4.69) is 4.98 Å². The SMILES string of the molecule is CC1(C(=O)O)CCN(c2nc3ccccc3o2)CC1. The highest BCUT2D eigenvalue weighted by Gasteiger charge is 2.37. The number of fused-ring (bicyclic) bond motifs is 1. The third-order valence-corrected chi connectivity index (χ3v) is 3.94. The monoisotopic (exact) mass is 260 g/mol. The smallest absolute Gasteiger partial charge is 0.309 e. The van der Waals surface area contributed by atoms with Crippen molar-refractivity contribution in [1.82, 2.24) is 4.98 Å². The van der Waals surface area contributed by atoms with Gasteiger partial charge in [-0.2, -0.15) is 4.98 Å². The molecule has 1 aromatic carbocycles. The number of carboxylic acids is 1. The van der Waals surface area contributed by atoms with E-state index in [9.17, 15) is 9.90 Å². The van der Waals surface area contributed by atoms with Gasteiger partial charge in [0.25, 0.3) is 6.01 Å². The number of aliphatic carboxylic acids is 1. The van der Waals surface area contributed by atoms with Crippen molar-refractivity contribution in [2.45, 2.75) is 19.8 Å². The molecular formula is C14H16N2O3. The van der Waals surface area contributed by atoms with Crippen molar-refractivity contribution in [3.8, 4) is 0 Å². The third-order valence-electron chi connectivity index (χ3n) is 3.94. The van der Waals surface area contributed by atoms with E-state index in [1.54, 1.807) is 6.92 Å². The number of anilines is 1. The number of hydrogen-bond acceptors (Lipinski definition) is 4. The Morgan fingerprint density at radius 3 is 2.68 bits per heavy atom. The molecule has 0 saturated carbocycles. The van der Waals surface area contributed by atoms with Crippen molar-refractivity contribution in [3.63, 3.8) is 0 Å². The number of nitrogens with zero attached hydrogens (tertiary/aromatic N) is 2. The lowest BCUT2D eigenvalue weighted by molar-refractivity contribution is -0.149. The van der Waals surface area contributed by atoms with Crippen LogP contribution in [0.3, 0.4) is 0 Å². The van der Waals surface area contributed by atoms with E-state index in [1.165, 1.54) is 0 Å². The summed E-state index contributed by atoms with van der Waals surface area (Å²) in [5.74, 6) is -0.718. The van der Waals surface area contributed by atoms with Crippen LogP contribution in [0.2, 0.25) is 0 Å². The van der Waals surface area contributed by atoms with Gasteiger partial charge in [0.2, 0.25) is 0 Å². The van der Waals surface area contributed by atoms with Crippen LogP contribution in [0.5, 0.6) is 0 Å². The molecule has 3 rings (SSSR count). The van der Waals surface area contributed by atoms with Gasteiger partial charge in [0, 0.05) is 13.1 Å². The lowest BCUT2D eigenvalue weighted by Gasteiger charge is -2.35. The van der Waals surface area contributed by atoms with Crippen LogP contribution in [0.4, 0.5) is 6.01 Å². The molecular weight excluding hydrogens is 244 g/mol. The topological polar surface area (TPSA) is 66.6 Å². The quantitative estimate of drug-likeness (QED) is 0.898. The molecule has 2 heterocycles. The van der Waals surface area contributed by atoms with Crippen LogP contribution in [0.25, 0.3) is 11.1 Å². The fourth-order valence-electron chi connectivity index (χ4n) is 2.40. The highest BCUT2D eigenvalue weighted by molar-refractivity contribution is 5.75. The molecule has 19 heavy (non-hydrogen) atoms. The van der Waals surface area contributed by atoms with Crippen molar-refractivity contribution < 1.29 is 14.3 Å². The molecule has 0 atom stereocenters. The van der Waals surface area contributed by atoms with E-state index in [-0.39, 0.29) is 0 Å². The molecule has 1 fully saturated rings. The largest absolute Gasteiger partial charge is 0.481 e. The molecule has 0 amide bonds. The highest BCUT2D eigenvalue weighted by atomic mass is 16.4. The van der Waals surface area contributed by atoms with E-state index in [4.69, 9.17) is 4.42 Å². The molecule has 5 heteroatoms. The minimum absolute atomic E-state index is 0.591. The molecule has 1 aliphatic rings. The molecule has 1 aromatic heterocycles. The van der Waals surface area contributed by atoms with Crippen LogP contribution in [0.1, 0.15) is 19.8 Å². The zero-order valence-corrected chi connectivity index (χ0v) is 10.8. The summed E-state index contributed by atoms with van der Waals surface area (Å²) in [6.07, 6.45) is 1.22. The van der Waals surface area contributed by atoms with Crippen molar-refractivity contribution in [2.75, 3.05) is 18.0 Å². The normalized spacial score (nSPS) is 18.7. The average Bonchev–Trinajstić information content (AvgIpc) is 2.83. The van der Waals surface area contributed by atoms with E-state index in [0.717, 1.165) is 11.1 Å². The Morgan fingerprint density at radius 1 is 1.37 bits per heavy atom. The zero-order chi connectivity index (χ0) is 13.5. The molecule has 0 spiro atoms. The summed E-state index contributed by atoms with van der Waals surface area (Å²) in [4.78, 5) is 17.7.